The van der Waals surface area contributed by atoms with Crippen molar-refractivity contribution in [1.29, 1.82) is 0 Å². The highest BCUT2D eigenvalue weighted by Gasteiger charge is 1.95. The average Bonchev–Trinajstić information content (AvgIpc) is 2.08. The molecule has 10 heavy (non-hydrogen) atoms. The molecule has 0 atom stereocenters. The van der Waals surface area contributed by atoms with Gasteiger partial charge in [0.1, 0.15) is 0 Å². The van der Waals surface area contributed by atoms with E-state index in [1.165, 1.54) is 38.5 Å². The molecule has 0 unspecified atom stereocenters. The molecule has 0 amide bonds. The van der Waals surface area contributed by atoms with Crippen LogP contribution in [-0.4, -0.2) is 0 Å². The van der Waals surface area contributed by atoms with E-state index in [2.05, 4.69) is 13.5 Å². The van der Waals surface area contributed by atoms with Crippen molar-refractivity contribution in [1.82, 2.24) is 0 Å². The van der Waals surface area contributed by atoms with Crippen LogP contribution in [0.3, 0.4) is 0 Å². The average molecular weight is 140 g/mol. The van der Waals surface area contributed by atoms with Crippen molar-refractivity contribution in [2.45, 2.75) is 51.9 Å². The van der Waals surface area contributed by atoms with Crippen LogP contribution in [0.2, 0.25) is 0 Å². The Labute approximate surface area is 65.3 Å². The van der Waals surface area contributed by atoms with Crippen molar-refractivity contribution in [2.24, 2.45) is 0 Å². The fourth-order valence-corrected chi connectivity index (χ4v) is 1.06. The number of allylic oxidation sites excluding steroid dienone is 1. The summed E-state index contributed by atoms with van der Waals surface area (Å²) in [6.07, 6.45) is 12.0. The van der Waals surface area contributed by atoms with Crippen molar-refractivity contribution < 1.29 is 0 Å². The van der Waals surface area contributed by atoms with Crippen molar-refractivity contribution in [3.8, 4) is 0 Å². The lowest BCUT2D eigenvalue weighted by atomic mass is 10.0. The first-order chi connectivity index (χ1) is 4.91. The van der Waals surface area contributed by atoms with E-state index < -0.39 is 0 Å². The molecule has 0 aromatic heterocycles. The molecule has 0 spiro atoms. The van der Waals surface area contributed by atoms with Crippen LogP contribution in [0.5, 0.6) is 0 Å². The molecular weight excluding hydrogens is 120 g/mol. The topological polar surface area (TPSA) is 0 Å². The third kappa shape index (κ3) is 7.74. The molecule has 1 saturated carbocycles. The summed E-state index contributed by atoms with van der Waals surface area (Å²) < 4.78 is 0. The van der Waals surface area contributed by atoms with E-state index in [1.807, 2.05) is 6.08 Å². The van der Waals surface area contributed by atoms with Crippen LogP contribution in [0.15, 0.2) is 12.7 Å². The second-order valence-corrected chi connectivity index (χ2v) is 2.82. The van der Waals surface area contributed by atoms with Crippen LogP contribution in [-0.2, 0) is 0 Å². The van der Waals surface area contributed by atoms with Gasteiger partial charge in [-0.2, -0.15) is 0 Å². The summed E-state index contributed by atoms with van der Waals surface area (Å²) in [6.45, 7) is 5.54. The highest BCUT2D eigenvalue weighted by Crippen LogP contribution is 2.15. The van der Waals surface area contributed by atoms with Gasteiger partial charge in [0.25, 0.3) is 0 Å². The van der Waals surface area contributed by atoms with Gasteiger partial charge < -0.3 is 0 Å². The highest BCUT2D eigenvalue weighted by atomic mass is 14.0. The van der Waals surface area contributed by atoms with Gasteiger partial charge in [0.2, 0.25) is 0 Å². The zero-order valence-electron chi connectivity index (χ0n) is 7.23. The minimum absolute atomic E-state index is 1.08. The normalized spacial score (nSPS) is 16.9. The van der Waals surface area contributed by atoms with E-state index in [0.717, 1.165) is 6.42 Å². The van der Waals surface area contributed by atoms with Gasteiger partial charge in [-0.1, -0.05) is 51.5 Å². The molecule has 0 N–H and O–H groups in total. The van der Waals surface area contributed by atoms with Crippen molar-refractivity contribution in [3.05, 3.63) is 12.7 Å². The van der Waals surface area contributed by atoms with Gasteiger partial charge in [-0.25, -0.2) is 0 Å². The minimum atomic E-state index is 1.08. The number of rotatable bonds is 1. The summed E-state index contributed by atoms with van der Waals surface area (Å²) in [7, 11) is 0. The highest BCUT2D eigenvalue weighted by molar-refractivity contribution is 4.60. The van der Waals surface area contributed by atoms with Crippen LogP contribution in [0.1, 0.15) is 51.9 Å². The summed E-state index contributed by atoms with van der Waals surface area (Å²) in [5, 5.41) is 0. The van der Waals surface area contributed by atoms with Crippen LogP contribution in [0.25, 0.3) is 0 Å². The molecule has 60 valence electrons. The Hall–Kier alpha value is -0.260. The van der Waals surface area contributed by atoms with Crippen molar-refractivity contribution >= 4 is 0 Å². The van der Waals surface area contributed by atoms with Crippen LogP contribution >= 0.6 is 0 Å². The second-order valence-electron chi connectivity index (χ2n) is 2.82. The third-order valence-corrected chi connectivity index (χ3v) is 1.79. The lowest BCUT2D eigenvalue weighted by Crippen LogP contribution is -1.85. The molecular formula is C10H20. The van der Waals surface area contributed by atoms with E-state index in [1.54, 1.807) is 0 Å². The predicted octanol–water partition coefficient (Wildman–Crippen LogP) is 3.92. The smallest absolute Gasteiger partial charge is 0.0382 e. The summed E-state index contributed by atoms with van der Waals surface area (Å²) in [5.41, 5.74) is 0. The molecule has 1 fully saturated rings. The van der Waals surface area contributed by atoms with Gasteiger partial charge >= 0.3 is 0 Å². The zero-order valence-corrected chi connectivity index (χ0v) is 7.23. The lowest BCUT2D eigenvalue weighted by molar-refractivity contribution is 0.504. The molecule has 0 aliphatic heterocycles. The van der Waals surface area contributed by atoms with Crippen molar-refractivity contribution in [3.63, 3.8) is 0 Å². The summed E-state index contributed by atoms with van der Waals surface area (Å²) in [5.74, 6) is 0. The fourth-order valence-electron chi connectivity index (χ4n) is 1.06. The molecule has 0 aromatic rings. The number of hydrogen-bond acceptors (Lipinski definition) is 0. The molecule has 0 aromatic carbocycles. The lowest BCUT2D eigenvalue weighted by Gasteiger charge is -2.05. The van der Waals surface area contributed by atoms with E-state index in [0.29, 0.717) is 0 Å². The Balaban J connectivity index is 0.000000180. The summed E-state index contributed by atoms with van der Waals surface area (Å²) in [4.78, 5) is 0. The van der Waals surface area contributed by atoms with Gasteiger partial charge in [-0.05, 0) is 6.42 Å². The Bertz CT molecular complexity index is 48.9. The largest absolute Gasteiger partial charge is 0.103 e. The molecule has 0 bridgehead atoms. The van der Waals surface area contributed by atoms with Gasteiger partial charge in [-0.15, -0.1) is 6.58 Å². The minimum Gasteiger partial charge on any atom is -0.103 e. The van der Waals surface area contributed by atoms with Crippen LogP contribution < -0.4 is 0 Å². The zero-order chi connectivity index (χ0) is 7.66. The molecule has 1 aliphatic rings. The van der Waals surface area contributed by atoms with Crippen LogP contribution in [0, 0.1) is 0 Å². The second kappa shape index (κ2) is 8.74. The first-order valence-corrected chi connectivity index (χ1v) is 4.52. The molecule has 0 saturated heterocycles. The Kier molecular flexibility index (Phi) is 8.51. The standard InChI is InChI=1S/C6H12.C4H8/c1-2-4-6-5-3-1;1-3-4-2/h1-6H2;3H,1,4H2,2H3. The molecule has 0 nitrogen and oxygen atoms in total. The maximum atomic E-state index is 3.48. The van der Waals surface area contributed by atoms with Gasteiger partial charge in [0.15, 0.2) is 0 Å². The van der Waals surface area contributed by atoms with Gasteiger partial charge in [0.05, 0.1) is 0 Å². The maximum Gasteiger partial charge on any atom is -0.0382 e. The Morgan fingerprint density at radius 1 is 1.00 bits per heavy atom. The van der Waals surface area contributed by atoms with E-state index in [4.69, 9.17) is 0 Å². The maximum absolute atomic E-state index is 3.48. The summed E-state index contributed by atoms with van der Waals surface area (Å²) in [6, 6.07) is 0. The molecule has 1 aliphatic carbocycles. The Morgan fingerprint density at radius 2 is 1.20 bits per heavy atom. The molecule has 0 heterocycles. The molecule has 1 rings (SSSR count). The van der Waals surface area contributed by atoms with Crippen molar-refractivity contribution in [2.75, 3.05) is 0 Å². The molecule has 0 heteroatoms. The number of hydrogen-bond donors (Lipinski definition) is 0. The van der Waals surface area contributed by atoms with E-state index in [9.17, 15) is 0 Å². The monoisotopic (exact) mass is 140 g/mol. The first kappa shape index (κ1) is 9.74. The van der Waals surface area contributed by atoms with Crippen LogP contribution in [0.4, 0.5) is 0 Å². The molecule has 0 radical (unpaired) electrons. The Morgan fingerprint density at radius 3 is 1.30 bits per heavy atom. The van der Waals surface area contributed by atoms with Gasteiger partial charge in [0, 0.05) is 0 Å². The van der Waals surface area contributed by atoms with E-state index in [-0.39, 0.29) is 0 Å². The SMILES string of the molecule is C1CCCCC1.C=CCC. The van der Waals surface area contributed by atoms with Gasteiger partial charge in [-0.3, -0.25) is 0 Å². The predicted molar refractivity (Wildman–Crippen MR) is 48.2 cm³/mol. The fraction of sp³-hybridized carbons (Fsp3) is 0.800. The third-order valence-electron chi connectivity index (χ3n) is 1.79. The first-order valence-electron chi connectivity index (χ1n) is 4.52. The van der Waals surface area contributed by atoms with E-state index >= 15 is 0 Å². The summed E-state index contributed by atoms with van der Waals surface area (Å²) >= 11 is 0. The quantitative estimate of drug-likeness (QED) is 0.484.